The van der Waals surface area contributed by atoms with Gasteiger partial charge in [-0.25, -0.2) is 18.4 Å². The van der Waals surface area contributed by atoms with Crippen LogP contribution in [0.25, 0.3) is 11.1 Å². The Morgan fingerprint density at radius 2 is 1.79 bits per heavy atom. The molecule has 176 valence electrons. The van der Waals surface area contributed by atoms with Gasteiger partial charge in [0.05, 0.1) is 6.54 Å². The summed E-state index contributed by atoms with van der Waals surface area (Å²) in [5.74, 6) is -1.32. The number of nitrogens with one attached hydrogen (secondary N) is 1. The van der Waals surface area contributed by atoms with Gasteiger partial charge in [0.25, 0.3) is 0 Å². The number of amides is 2. The standard InChI is InChI=1S/C25H22F2N2O5/c26-18-8-6-17(7-9-18)21-12-19(28-24(30)33-15-16-4-2-1-3-5-16)13-22(27)23(21)34-20-10-11-29(14-20)25(31)32/h1-9,12-13,20H,10-11,14-15H2,(H,28,30)(H,31,32)/t20-/m0/s1. The molecule has 34 heavy (non-hydrogen) atoms. The van der Waals surface area contributed by atoms with Gasteiger partial charge in [-0.2, -0.15) is 0 Å². The molecule has 0 radical (unpaired) electrons. The molecule has 1 heterocycles. The van der Waals surface area contributed by atoms with Crippen LogP contribution in [0.1, 0.15) is 12.0 Å². The van der Waals surface area contributed by atoms with Crippen molar-refractivity contribution in [2.75, 3.05) is 18.4 Å². The van der Waals surface area contributed by atoms with Crippen molar-refractivity contribution >= 4 is 17.9 Å². The van der Waals surface area contributed by atoms with Gasteiger partial charge >= 0.3 is 12.2 Å². The average molecular weight is 468 g/mol. The maximum Gasteiger partial charge on any atom is 0.411 e. The van der Waals surface area contributed by atoms with Crippen LogP contribution >= 0.6 is 0 Å². The maximum atomic E-state index is 15.2. The van der Waals surface area contributed by atoms with E-state index in [1.807, 2.05) is 18.2 Å². The fourth-order valence-corrected chi connectivity index (χ4v) is 3.67. The number of carboxylic acid groups (broad SMARTS) is 1. The van der Waals surface area contributed by atoms with Crippen LogP contribution in [0, 0.1) is 11.6 Å². The molecule has 7 nitrogen and oxygen atoms in total. The van der Waals surface area contributed by atoms with Crippen LogP contribution in [0.4, 0.5) is 24.1 Å². The molecule has 0 bridgehead atoms. The van der Waals surface area contributed by atoms with Crippen molar-refractivity contribution in [3.8, 4) is 16.9 Å². The van der Waals surface area contributed by atoms with Gasteiger partial charge in [0.2, 0.25) is 0 Å². The minimum absolute atomic E-state index is 0.0446. The maximum absolute atomic E-state index is 15.2. The SMILES string of the molecule is O=C(Nc1cc(F)c(O[C@H]2CCN(C(=O)O)C2)c(-c2ccc(F)cc2)c1)OCc1ccccc1. The number of carbonyl (C=O) groups excluding carboxylic acids is 1. The highest BCUT2D eigenvalue weighted by atomic mass is 19.1. The molecule has 0 saturated carbocycles. The van der Waals surface area contributed by atoms with Gasteiger partial charge < -0.3 is 19.5 Å². The monoisotopic (exact) mass is 468 g/mol. The molecule has 4 rings (SSSR count). The highest BCUT2D eigenvalue weighted by molar-refractivity contribution is 5.87. The van der Waals surface area contributed by atoms with Crippen LogP contribution in [0.2, 0.25) is 0 Å². The first-order valence-electron chi connectivity index (χ1n) is 10.6. The molecule has 3 aromatic carbocycles. The van der Waals surface area contributed by atoms with Crippen LogP contribution in [0.15, 0.2) is 66.7 Å². The van der Waals surface area contributed by atoms with Crippen molar-refractivity contribution in [2.45, 2.75) is 19.1 Å². The van der Waals surface area contributed by atoms with Gasteiger partial charge in [-0.1, -0.05) is 42.5 Å². The number of carbonyl (C=O) groups is 2. The van der Waals surface area contributed by atoms with E-state index in [2.05, 4.69) is 5.32 Å². The Hall–Kier alpha value is -4.14. The number of likely N-dealkylation sites (tertiary alicyclic amines) is 1. The predicted molar refractivity (Wildman–Crippen MR) is 121 cm³/mol. The first-order chi connectivity index (χ1) is 16.4. The number of ether oxygens (including phenoxy) is 2. The average Bonchev–Trinajstić information content (AvgIpc) is 3.30. The van der Waals surface area contributed by atoms with E-state index < -0.39 is 29.9 Å². The summed E-state index contributed by atoms with van der Waals surface area (Å²) in [4.78, 5) is 24.6. The number of hydrogen-bond donors (Lipinski definition) is 2. The highest BCUT2D eigenvalue weighted by Gasteiger charge is 2.29. The second kappa shape index (κ2) is 10.2. The van der Waals surface area contributed by atoms with Crippen molar-refractivity contribution in [2.24, 2.45) is 0 Å². The quantitative estimate of drug-likeness (QED) is 0.498. The highest BCUT2D eigenvalue weighted by Crippen LogP contribution is 2.37. The van der Waals surface area contributed by atoms with Crippen LogP contribution in [0.3, 0.4) is 0 Å². The van der Waals surface area contributed by atoms with E-state index >= 15 is 4.39 Å². The molecule has 2 amide bonds. The lowest BCUT2D eigenvalue weighted by molar-refractivity contribution is 0.145. The molecule has 0 aromatic heterocycles. The van der Waals surface area contributed by atoms with Gasteiger partial charge in [0.1, 0.15) is 18.5 Å². The summed E-state index contributed by atoms with van der Waals surface area (Å²) in [6, 6.07) is 17.1. The summed E-state index contributed by atoms with van der Waals surface area (Å²) >= 11 is 0. The lowest BCUT2D eigenvalue weighted by Gasteiger charge is -2.19. The summed E-state index contributed by atoms with van der Waals surface area (Å²) in [6.45, 7) is 0.423. The molecule has 0 aliphatic carbocycles. The van der Waals surface area contributed by atoms with Crippen LogP contribution in [0.5, 0.6) is 5.75 Å². The fourth-order valence-electron chi connectivity index (χ4n) is 3.67. The van der Waals surface area contributed by atoms with E-state index in [0.717, 1.165) is 11.6 Å². The second-order valence-electron chi connectivity index (χ2n) is 7.79. The van der Waals surface area contributed by atoms with E-state index in [0.29, 0.717) is 12.0 Å². The van der Waals surface area contributed by atoms with E-state index in [1.165, 1.54) is 35.2 Å². The Bertz CT molecular complexity index is 1170. The number of anilines is 1. The van der Waals surface area contributed by atoms with Crippen molar-refractivity contribution in [1.82, 2.24) is 4.90 Å². The molecular formula is C25H22F2N2O5. The number of nitrogens with zero attached hydrogens (tertiary/aromatic N) is 1. The third kappa shape index (κ3) is 5.61. The first-order valence-corrected chi connectivity index (χ1v) is 10.6. The number of rotatable bonds is 6. The third-order valence-corrected chi connectivity index (χ3v) is 5.36. The molecule has 1 saturated heterocycles. The Labute approximate surface area is 194 Å². The van der Waals surface area contributed by atoms with Gasteiger partial charge in [-0.15, -0.1) is 0 Å². The van der Waals surface area contributed by atoms with Gasteiger partial charge in [-0.05, 0) is 29.3 Å². The minimum atomic E-state index is -1.07. The van der Waals surface area contributed by atoms with Crippen LogP contribution in [-0.4, -0.2) is 41.4 Å². The molecule has 9 heteroatoms. The van der Waals surface area contributed by atoms with Crippen molar-refractivity contribution in [3.05, 3.63) is 83.9 Å². The lowest BCUT2D eigenvalue weighted by Crippen LogP contribution is -2.29. The summed E-state index contributed by atoms with van der Waals surface area (Å²) in [6.07, 6.45) is -1.98. The molecular weight excluding hydrogens is 446 g/mol. The second-order valence-corrected chi connectivity index (χ2v) is 7.79. The molecule has 3 aromatic rings. The van der Waals surface area contributed by atoms with Gasteiger partial charge in [0.15, 0.2) is 11.6 Å². The minimum Gasteiger partial charge on any atom is -0.485 e. The normalized spacial score (nSPS) is 15.1. The summed E-state index contributed by atoms with van der Waals surface area (Å²) in [5.41, 5.74) is 1.67. The summed E-state index contributed by atoms with van der Waals surface area (Å²) in [7, 11) is 0. The zero-order valence-electron chi connectivity index (χ0n) is 18.0. The summed E-state index contributed by atoms with van der Waals surface area (Å²) in [5, 5.41) is 11.7. The third-order valence-electron chi connectivity index (χ3n) is 5.36. The Balaban J connectivity index is 1.56. The number of hydrogen-bond acceptors (Lipinski definition) is 4. The zero-order chi connectivity index (χ0) is 24.1. The van der Waals surface area contributed by atoms with Crippen molar-refractivity contribution in [1.29, 1.82) is 0 Å². The molecule has 2 N–H and O–H groups in total. The van der Waals surface area contributed by atoms with Crippen molar-refractivity contribution in [3.63, 3.8) is 0 Å². The Kier molecular flexibility index (Phi) is 6.91. The zero-order valence-corrected chi connectivity index (χ0v) is 18.0. The first kappa shape index (κ1) is 23.0. The van der Waals surface area contributed by atoms with Gasteiger partial charge in [-0.3, -0.25) is 5.32 Å². The van der Waals surface area contributed by atoms with Gasteiger partial charge in [0, 0.05) is 30.3 Å². The number of halogens is 2. The van der Waals surface area contributed by atoms with E-state index in [-0.39, 0.29) is 36.7 Å². The summed E-state index contributed by atoms with van der Waals surface area (Å²) < 4.78 is 39.7. The largest absolute Gasteiger partial charge is 0.485 e. The topological polar surface area (TPSA) is 88.1 Å². The molecule has 1 fully saturated rings. The molecule has 1 atom stereocenters. The number of benzene rings is 3. The smallest absolute Gasteiger partial charge is 0.411 e. The molecule has 1 aliphatic rings. The Morgan fingerprint density at radius 1 is 1.06 bits per heavy atom. The van der Waals surface area contributed by atoms with Crippen molar-refractivity contribution < 1.29 is 33.0 Å². The molecule has 0 unspecified atom stereocenters. The fraction of sp³-hybridized carbons (Fsp3) is 0.200. The predicted octanol–water partition coefficient (Wildman–Crippen LogP) is 5.51. The van der Waals surface area contributed by atoms with Crippen LogP contribution < -0.4 is 10.1 Å². The molecule has 0 spiro atoms. The Morgan fingerprint density at radius 3 is 2.47 bits per heavy atom. The van der Waals surface area contributed by atoms with E-state index in [9.17, 15) is 14.0 Å². The van der Waals surface area contributed by atoms with E-state index in [1.54, 1.807) is 12.1 Å². The molecule has 1 aliphatic heterocycles. The lowest BCUT2D eigenvalue weighted by atomic mass is 10.0. The van der Waals surface area contributed by atoms with E-state index in [4.69, 9.17) is 14.6 Å². The van der Waals surface area contributed by atoms with Crippen LogP contribution in [-0.2, 0) is 11.3 Å².